The largest absolute Gasteiger partial charge is 0.456 e. The molecule has 8 atom stereocenters. The highest BCUT2D eigenvalue weighted by molar-refractivity contribution is 7.09. The smallest absolute Gasteiger partial charge is 0.334 e. The molecule has 2 rings (SSSR count). The molecule has 0 amide bonds. The molecule has 0 spiro atoms. The van der Waals surface area contributed by atoms with E-state index in [0.717, 1.165) is 31.3 Å². The molecule has 1 aliphatic rings. The van der Waals surface area contributed by atoms with Crippen molar-refractivity contribution in [3.63, 3.8) is 0 Å². The number of rotatable bonds is 11. The lowest BCUT2D eigenvalue weighted by Gasteiger charge is -2.32. The Morgan fingerprint density at radius 1 is 1.16 bits per heavy atom. The number of aromatic nitrogens is 1. The molecule has 8 nitrogen and oxygen atoms in total. The molecule has 8 unspecified atom stereocenters. The fourth-order valence-corrected chi connectivity index (χ4v) is 5.93. The Morgan fingerprint density at radius 2 is 1.89 bits per heavy atom. The number of hydrogen-bond donors (Lipinski definition) is 5. The molecule has 2 bridgehead atoms. The highest BCUT2D eigenvalue weighted by Gasteiger charge is 2.36. The van der Waals surface area contributed by atoms with Crippen LogP contribution >= 0.6 is 11.3 Å². The highest BCUT2D eigenvalue weighted by Crippen LogP contribution is 2.28. The van der Waals surface area contributed by atoms with Crippen LogP contribution in [0.15, 0.2) is 58.6 Å². The molecule has 5 N–H and O–H groups in total. The minimum atomic E-state index is -1.48. The second-order valence-electron chi connectivity index (χ2n) is 11.9. The molecule has 0 radical (unpaired) electrons. The van der Waals surface area contributed by atoms with Crippen molar-refractivity contribution in [3.8, 4) is 0 Å². The SMILES string of the molecule is C/C=C(C)/C=C(\C)C(O)C(C)C(O)C(O)C1C/C=C\C=C\C(O)CC(O)C(C)c2nc(cs2)/C=C(/CCCCCC)C(=O)O1. The summed E-state index contributed by atoms with van der Waals surface area (Å²) < 4.78 is 5.90. The van der Waals surface area contributed by atoms with E-state index in [1.54, 1.807) is 44.2 Å². The molecular formula is C35H53NO7S. The lowest BCUT2D eigenvalue weighted by Crippen LogP contribution is -2.46. The number of nitrogens with zero attached hydrogens (tertiary/aromatic N) is 1. The number of allylic oxidation sites excluding steroid dienone is 5. The summed E-state index contributed by atoms with van der Waals surface area (Å²) in [5, 5.41) is 57.0. The highest BCUT2D eigenvalue weighted by atomic mass is 32.1. The monoisotopic (exact) mass is 631 g/mol. The van der Waals surface area contributed by atoms with Gasteiger partial charge in [-0.25, -0.2) is 9.78 Å². The summed E-state index contributed by atoms with van der Waals surface area (Å²) in [5.74, 6) is -1.66. The zero-order valence-corrected chi connectivity index (χ0v) is 27.9. The van der Waals surface area contributed by atoms with E-state index in [2.05, 4.69) is 11.9 Å². The van der Waals surface area contributed by atoms with Gasteiger partial charge in [-0.15, -0.1) is 11.3 Å². The van der Waals surface area contributed by atoms with Crippen LogP contribution in [0.25, 0.3) is 6.08 Å². The third-order valence-electron chi connectivity index (χ3n) is 8.23. The minimum Gasteiger partial charge on any atom is -0.456 e. The second-order valence-corrected chi connectivity index (χ2v) is 12.8. The third kappa shape index (κ3) is 11.8. The zero-order valence-electron chi connectivity index (χ0n) is 27.1. The lowest BCUT2D eigenvalue weighted by atomic mass is 9.87. The second kappa shape index (κ2) is 19.2. The average molecular weight is 632 g/mol. The van der Waals surface area contributed by atoms with Crippen molar-refractivity contribution in [2.45, 2.75) is 129 Å². The molecule has 1 aliphatic heterocycles. The Kier molecular flexibility index (Phi) is 16.5. The van der Waals surface area contributed by atoms with Crippen LogP contribution in [-0.4, -0.2) is 73.1 Å². The van der Waals surface area contributed by atoms with E-state index in [1.165, 1.54) is 11.3 Å². The van der Waals surface area contributed by atoms with Crippen LogP contribution in [0.4, 0.5) is 0 Å². The summed E-state index contributed by atoms with van der Waals surface area (Å²) in [7, 11) is 0. The van der Waals surface area contributed by atoms with Gasteiger partial charge < -0.3 is 30.3 Å². The fourth-order valence-electron chi connectivity index (χ4n) is 5.04. The first-order valence-electron chi connectivity index (χ1n) is 15.8. The van der Waals surface area contributed by atoms with E-state index in [-0.39, 0.29) is 18.8 Å². The summed E-state index contributed by atoms with van der Waals surface area (Å²) in [5.41, 5.74) is 2.59. The Bertz CT molecular complexity index is 1180. The van der Waals surface area contributed by atoms with Gasteiger partial charge >= 0.3 is 5.97 Å². The van der Waals surface area contributed by atoms with Crippen LogP contribution < -0.4 is 0 Å². The molecule has 0 fully saturated rings. The molecular weight excluding hydrogens is 578 g/mol. The third-order valence-corrected chi connectivity index (χ3v) is 9.29. The first-order chi connectivity index (χ1) is 20.9. The van der Waals surface area contributed by atoms with Crippen molar-refractivity contribution in [1.82, 2.24) is 4.98 Å². The number of carbonyl (C=O) groups excluding carboxylic acids is 1. The summed E-state index contributed by atoms with van der Waals surface area (Å²) in [6.07, 6.45) is 9.78. The maximum Gasteiger partial charge on any atom is 0.334 e. The Labute approximate surface area is 267 Å². The molecule has 1 aromatic heterocycles. The van der Waals surface area contributed by atoms with E-state index in [4.69, 9.17) is 4.74 Å². The summed E-state index contributed by atoms with van der Waals surface area (Å²) in [6.45, 7) is 11.2. The summed E-state index contributed by atoms with van der Waals surface area (Å²) in [6, 6.07) is 0. The van der Waals surface area contributed by atoms with Crippen molar-refractivity contribution < 1.29 is 35.1 Å². The van der Waals surface area contributed by atoms with Gasteiger partial charge in [0.25, 0.3) is 0 Å². The molecule has 0 aromatic carbocycles. The number of aliphatic hydroxyl groups is 5. The Morgan fingerprint density at radius 3 is 2.57 bits per heavy atom. The topological polar surface area (TPSA) is 140 Å². The van der Waals surface area contributed by atoms with Gasteiger partial charge in [0.15, 0.2) is 0 Å². The summed E-state index contributed by atoms with van der Waals surface area (Å²) >= 11 is 1.38. The zero-order chi connectivity index (χ0) is 32.8. The van der Waals surface area contributed by atoms with E-state index >= 15 is 0 Å². The number of aliphatic hydroxyl groups excluding tert-OH is 5. The number of cyclic esters (lactones) is 1. The predicted octanol–water partition coefficient (Wildman–Crippen LogP) is 5.77. The number of fused-ring (bicyclic) bond motifs is 2. The van der Waals surface area contributed by atoms with E-state index in [0.29, 0.717) is 28.3 Å². The molecule has 0 saturated carbocycles. The van der Waals surface area contributed by atoms with E-state index in [9.17, 15) is 30.3 Å². The molecule has 9 heteroatoms. The van der Waals surface area contributed by atoms with Crippen molar-refractivity contribution in [2.75, 3.05) is 0 Å². The number of esters is 1. The van der Waals surface area contributed by atoms with Crippen LogP contribution in [-0.2, 0) is 9.53 Å². The molecule has 2 heterocycles. The van der Waals surface area contributed by atoms with Crippen LogP contribution in [0.2, 0.25) is 0 Å². The normalized spacial score (nSPS) is 28.2. The minimum absolute atomic E-state index is 0.0866. The predicted molar refractivity (Wildman–Crippen MR) is 177 cm³/mol. The maximum absolute atomic E-state index is 13.6. The van der Waals surface area contributed by atoms with Crippen molar-refractivity contribution >= 4 is 23.4 Å². The number of unbranched alkanes of at least 4 members (excludes halogenated alkanes) is 3. The summed E-state index contributed by atoms with van der Waals surface area (Å²) in [4.78, 5) is 18.3. The average Bonchev–Trinajstić information content (AvgIpc) is 3.47. The van der Waals surface area contributed by atoms with Crippen LogP contribution in [0, 0.1) is 5.92 Å². The standard InChI is InChI=1S/C35H53NO7S/c1-7-9-10-12-15-26-19-27-21-44-34(36-27)24(5)29(38)20-28(37)16-13-11-14-17-30(43-35(26)42)33(41)32(40)25(6)31(39)23(4)18-22(3)8-2/h8,11,13-14,16,18-19,21,24-25,28-33,37-41H,7,9-10,12,15,17,20H2,1-6H3/b14-11-,16-13+,22-8+,23-18+,26-19-. The lowest BCUT2D eigenvalue weighted by molar-refractivity contribution is -0.158. The van der Waals surface area contributed by atoms with Gasteiger partial charge in [0.05, 0.1) is 35.1 Å². The van der Waals surface area contributed by atoms with Gasteiger partial charge in [-0.2, -0.15) is 0 Å². The van der Waals surface area contributed by atoms with Crippen molar-refractivity contribution in [2.24, 2.45) is 5.92 Å². The Balaban J connectivity index is 2.44. The van der Waals surface area contributed by atoms with Gasteiger partial charge in [-0.1, -0.05) is 82.1 Å². The van der Waals surface area contributed by atoms with Crippen molar-refractivity contribution in [3.05, 3.63) is 69.3 Å². The van der Waals surface area contributed by atoms with Gasteiger partial charge in [0.1, 0.15) is 12.2 Å². The molecule has 0 saturated heterocycles. The van der Waals surface area contributed by atoms with E-state index < -0.39 is 48.5 Å². The Hall–Kier alpha value is -2.40. The van der Waals surface area contributed by atoms with Gasteiger partial charge in [0, 0.05) is 35.6 Å². The molecule has 44 heavy (non-hydrogen) atoms. The molecule has 1 aromatic rings. The van der Waals surface area contributed by atoms with E-state index in [1.807, 2.05) is 38.3 Å². The quantitative estimate of drug-likeness (QED) is 0.118. The number of ether oxygens (including phenoxy) is 1. The maximum atomic E-state index is 13.6. The molecule has 246 valence electrons. The van der Waals surface area contributed by atoms with Crippen LogP contribution in [0.3, 0.4) is 0 Å². The van der Waals surface area contributed by atoms with Gasteiger partial charge in [-0.3, -0.25) is 0 Å². The number of carbonyl (C=O) groups is 1. The molecule has 0 aliphatic carbocycles. The first kappa shape index (κ1) is 37.8. The van der Waals surface area contributed by atoms with Crippen LogP contribution in [0.5, 0.6) is 0 Å². The van der Waals surface area contributed by atoms with Gasteiger partial charge in [-0.05, 0) is 45.3 Å². The number of thiazole rings is 1. The van der Waals surface area contributed by atoms with Crippen LogP contribution in [0.1, 0.15) is 103 Å². The first-order valence-corrected chi connectivity index (χ1v) is 16.7. The fraction of sp³-hybridized carbons (Fsp3) is 0.600. The van der Waals surface area contributed by atoms with Gasteiger partial charge in [0.2, 0.25) is 0 Å². The van der Waals surface area contributed by atoms with Crippen molar-refractivity contribution in [1.29, 1.82) is 0 Å². The number of hydrogen-bond acceptors (Lipinski definition) is 9.